The van der Waals surface area contributed by atoms with Crippen LogP contribution >= 0.6 is 15.9 Å². The molecule has 0 aliphatic carbocycles. The fourth-order valence-corrected chi connectivity index (χ4v) is 1.89. The third-order valence-electron chi connectivity index (χ3n) is 2.54. The van der Waals surface area contributed by atoms with Gasteiger partial charge in [0, 0.05) is 0 Å². The van der Waals surface area contributed by atoms with E-state index in [0.29, 0.717) is 22.6 Å². The van der Waals surface area contributed by atoms with Crippen LogP contribution in [0.4, 0.5) is 0 Å². The van der Waals surface area contributed by atoms with E-state index in [1.165, 1.54) is 12.1 Å². The predicted octanol–water partition coefficient (Wildman–Crippen LogP) is 2.69. The summed E-state index contributed by atoms with van der Waals surface area (Å²) in [4.78, 5) is 11.0. The van der Waals surface area contributed by atoms with E-state index in [1.54, 1.807) is 20.8 Å². The van der Waals surface area contributed by atoms with E-state index < -0.39 is 18.2 Å². The van der Waals surface area contributed by atoms with Gasteiger partial charge in [-0.25, -0.2) is 4.79 Å². The molecular formula is C13H17BrO5. The van der Waals surface area contributed by atoms with Crippen LogP contribution in [-0.2, 0) is 0 Å². The molecule has 0 aliphatic heterocycles. The molecule has 0 saturated carbocycles. The molecule has 0 aliphatic rings. The fraction of sp³-hybridized carbons (Fsp3) is 0.462. The van der Waals surface area contributed by atoms with Gasteiger partial charge in [0.1, 0.15) is 6.10 Å². The van der Waals surface area contributed by atoms with Crippen LogP contribution in [-0.4, -0.2) is 35.0 Å². The zero-order valence-electron chi connectivity index (χ0n) is 11.0. The molecule has 1 aromatic rings. The van der Waals surface area contributed by atoms with E-state index in [0.717, 1.165) is 0 Å². The smallest absolute Gasteiger partial charge is 0.335 e. The van der Waals surface area contributed by atoms with Crippen LogP contribution in [0.1, 0.15) is 31.1 Å². The Bertz CT molecular complexity index is 459. The molecule has 6 heteroatoms. The minimum absolute atomic E-state index is 0.104. The normalized spacial score (nSPS) is 13.7. The highest BCUT2D eigenvalue weighted by Gasteiger charge is 2.19. The Morgan fingerprint density at radius 3 is 2.53 bits per heavy atom. The van der Waals surface area contributed by atoms with E-state index in [2.05, 4.69) is 15.9 Å². The quantitative estimate of drug-likeness (QED) is 0.837. The molecular weight excluding hydrogens is 316 g/mol. The van der Waals surface area contributed by atoms with Gasteiger partial charge in [0.15, 0.2) is 11.5 Å². The van der Waals surface area contributed by atoms with Gasteiger partial charge in [0.05, 0.1) is 22.7 Å². The molecule has 0 heterocycles. The Morgan fingerprint density at radius 2 is 2.05 bits per heavy atom. The van der Waals surface area contributed by atoms with E-state index >= 15 is 0 Å². The molecule has 0 aromatic heterocycles. The van der Waals surface area contributed by atoms with Gasteiger partial charge in [-0.2, -0.15) is 0 Å². The molecule has 1 aromatic carbocycles. The van der Waals surface area contributed by atoms with Crippen molar-refractivity contribution in [3.63, 3.8) is 0 Å². The van der Waals surface area contributed by atoms with E-state index in [9.17, 15) is 9.90 Å². The van der Waals surface area contributed by atoms with Crippen LogP contribution in [0.2, 0.25) is 0 Å². The first-order valence-electron chi connectivity index (χ1n) is 5.91. The Balaban J connectivity index is 3.17. The van der Waals surface area contributed by atoms with Crippen LogP contribution in [0, 0.1) is 0 Å². The second kappa shape index (κ2) is 6.77. The molecule has 5 nitrogen and oxygen atoms in total. The molecule has 0 radical (unpaired) electrons. The summed E-state index contributed by atoms with van der Waals surface area (Å²) in [5.41, 5.74) is 0.104. The number of rotatable bonds is 6. The first-order chi connectivity index (χ1) is 8.86. The lowest BCUT2D eigenvalue weighted by atomic mass is 10.2. The molecule has 0 saturated heterocycles. The number of carbonyl (C=O) groups is 1. The lowest BCUT2D eigenvalue weighted by molar-refractivity contribution is 0.0575. The van der Waals surface area contributed by atoms with Crippen molar-refractivity contribution >= 4 is 21.9 Å². The molecule has 0 amide bonds. The molecule has 0 bridgehead atoms. The maximum atomic E-state index is 11.0. The first-order valence-corrected chi connectivity index (χ1v) is 6.70. The van der Waals surface area contributed by atoms with E-state index in [1.807, 2.05) is 0 Å². The molecule has 19 heavy (non-hydrogen) atoms. The number of benzene rings is 1. The topological polar surface area (TPSA) is 76.0 Å². The average Bonchev–Trinajstić information content (AvgIpc) is 2.32. The van der Waals surface area contributed by atoms with Gasteiger partial charge in [-0.1, -0.05) is 0 Å². The van der Waals surface area contributed by atoms with Crippen LogP contribution < -0.4 is 9.47 Å². The van der Waals surface area contributed by atoms with E-state index in [4.69, 9.17) is 14.6 Å². The summed E-state index contributed by atoms with van der Waals surface area (Å²) < 4.78 is 11.5. The molecule has 2 unspecified atom stereocenters. The standard InChI is InChI=1S/C13H17BrO5/c1-4-18-11-6-9(13(16)17)5-10(14)12(11)19-8(3)7(2)15/h5-8,15H,4H2,1-3H3,(H,16,17). The Hall–Kier alpha value is -1.27. The van der Waals surface area contributed by atoms with Crippen LogP contribution in [0.15, 0.2) is 16.6 Å². The molecule has 106 valence electrons. The monoisotopic (exact) mass is 332 g/mol. The summed E-state index contributed by atoms with van der Waals surface area (Å²) in [5.74, 6) is -0.321. The van der Waals surface area contributed by atoms with Gasteiger partial charge in [-0.3, -0.25) is 0 Å². The second-order valence-electron chi connectivity index (χ2n) is 4.09. The summed E-state index contributed by atoms with van der Waals surface area (Å²) in [7, 11) is 0. The average molecular weight is 333 g/mol. The summed E-state index contributed by atoms with van der Waals surface area (Å²) in [6.07, 6.45) is -1.09. The summed E-state index contributed by atoms with van der Waals surface area (Å²) >= 11 is 3.26. The third kappa shape index (κ3) is 4.11. The van der Waals surface area contributed by atoms with Gasteiger partial charge >= 0.3 is 5.97 Å². The molecule has 0 spiro atoms. The highest BCUT2D eigenvalue weighted by molar-refractivity contribution is 9.10. The van der Waals surface area contributed by atoms with Crippen molar-refractivity contribution in [2.24, 2.45) is 0 Å². The van der Waals surface area contributed by atoms with Crippen molar-refractivity contribution in [1.82, 2.24) is 0 Å². The predicted molar refractivity (Wildman–Crippen MR) is 74.0 cm³/mol. The zero-order valence-corrected chi connectivity index (χ0v) is 12.6. The summed E-state index contributed by atoms with van der Waals surface area (Å²) in [6, 6.07) is 2.84. The molecule has 2 atom stereocenters. The maximum Gasteiger partial charge on any atom is 0.335 e. The Morgan fingerprint density at radius 1 is 1.42 bits per heavy atom. The Kier molecular flexibility index (Phi) is 5.62. The van der Waals surface area contributed by atoms with Crippen LogP contribution in [0.5, 0.6) is 11.5 Å². The lowest BCUT2D eigenvalue weighted by Crippen LogP contribution is -2.26. The van der Waals surface area contributed by atoms with Gasteiger partial charge < -0.3 is 19.7 Å². The summed E-state index contributed by atoms with van der Waals surface area (Å²) in [5, 5.41) is 18.5. The highest BCUT2D eigenvalue weighted by atomic mass is 79.9. The van der Waals surface area contributed by atoms with Crippen molar-refractivity contribution in [3.8, 4) is 11.5 Å². The van der Waals surface area contributed by atoms with Crippen molar-refractivity contribution in [1.29, 1.82) is 0 Å². The van der Waals surface area contributed by atoms with Gasteiger partial charge in [-0.05, 0) is 48.8 Å². The van der Waals surface area contributed by atoms with Crippen LogP contribution in [0.25, 0.3) is 0 Å². The Labute approximate surface area is 120 Å². The largest absolute Gasteiger partial charge is 0.490 e. The van der Waals surface area contributed by atoms with Crippen molar-refractivity contribution in [3.05, 3.63) is 22.2 Å². The number of aliphatic hydroxyl groups excluding tert-OH is 1. The minimum atomic E-state index is -1.04. The van der Waals surface area contributed by atoms with Crippen molar-refractivity contribution in [2.75, 3.05) is 6.61 Å². The fourth-order valence-electron chi connectivity index (χ4n) is 1.35. The first kappa shape index (κ1) is 15.8. The number of ether oxygens (including phenoxy) is 2. The third-order valence-corrected chi connectivity index (χ3v) is 3.13. The maximum absolute atomic E-state index is 11.0. The SMILES string of the molecule is CCOc1cc(C(=O)O)cc(Br)c1OC(C)C(C)O. The molecule has 0 fully saturated rings. The number of carboxylic acid groups (broad SMARTS) is 1. The number of carboxylic acids is 1. The van der Waals surface area contributed by atoms with Gasteiger partial charge in [0.25, 0.3) is 0 Å². The summed E-state index contributed by atoms with van der Waals surface area (Å²) in [6.45, 7) is 5.51. The minimum Gasteiger partial charge on any atom is -0.490 e. The van der Waals surface area contributed by atoms with Crippen molar-refractivity contribution < 1.29 is 24.5 Å². The van der Waals surface area contributed by atoms with Gasteiger partial charge in [-0.15, -0.1) is 0 Å². The van der Waals surface area contributed by atoms with E-state index in [-0.39, 0.29) is 5.56 Å². The number of hydrogen-bond acceptors (Lipinski definition) is 4. The highest BCUT2D eigenvalue weighted by Crippen LogP contribution is 2.37. The number of aromatic carboxylic acids is 1. The van der Waals surface area contributed by atoms with Crippen LogP contribution in [0.3, 0.4) is 0 Å². The molecule has 1 rings (SSSR count). The van der Waals surface area contributed by atoms with Crippen molar-refractivity contribution in [2.45, 2.75) is 33.0 Å². The number of hydrogen-bond donors (Lipinski definition) is 2. The second-order valence-corrected chi connectivity index (χ2v) is 4.94. The molecule has 2 N–H and O–H groups in total. The zero-order chi connectivity index (χ0) is 14.6. The number of aliphatic hydroxyl groups is 1. The lowest BCUT2D eigenvalue weighted by Gasteiger charge is -2.20. The number of halogens is 1. The van der Waals surface area contributed by atoms with Gasteiger partial charge in [0.2, 0.25) is 0 Å².